The Kier molecular flexibility index (Phi) is 3.93. The van der Waals surface area contributed by atoms with Crippen LogP contribution < -0.4 is 0 Å². The van der Waals surface area contributed by atoms with E-state index in [-0.39, 0.29) is 6.04 Å². The van der Waals surface area contributed by atoms with Crippen molar-refractivity contribution < 1.29 is 14.6 Å². The van der Waals surface area contributed by atoms with Gasteiger partial charge in [0.15, 0.2) is 6.10 Å². The van der Waals surface area contributed by atoms with Gasteiger partial charge in [0.25, 0.3) is 0 Å². The molecular weight excluding hydrogens is 220 g/mol. The molecule has 1 aromatic heterocycles. The van der Waals surface area contributed by atoms with Crippen molar-refractivity contribution in [1.82, 2.24) is 9.78 Å². The topological polar surface area (TPSA) is 64.3 Å². The smallest absolute Gasteiger partial charge is 0.333 e. The summed E-state index contributed by atoms with van der Waals surface area (Å²) in [5.41, 5.74) is 0.244. The number of carboxylic acids is 1. The first kappa shape index (κ1) is 13.7. The quantitative estimate of drug-likeness (QED) is 0.853. The highest BCUT2D eigenvalue weighted by Gasteiger charge is 2.38. The maximum absolute atomic E-state index is 11.1. The second kappa shape index (κ2) is 4.87. The van der Waals surface area contributed by atoms with Crippen LogP contribution in [0.4, 0.5) is 0 Å². The van der Waals surface area contributed by atoms with Gasteiger partial charge in [0.1, 0.15) is 0 Å². The van der Waals surface area contributed by atoms with Crippen molar-refractivity contribution in [2.24, 2.45) is 0 Å². The Hall–Kier alpha value is -1.36. The van der Waals surface area contributed by atoms with Crippen LogP contribution >= 0.6 is 0 Å². The monoisotopic (exact) mass is 240 g/mol. The Balaban J connectivity index is 3.06. The maximum Gasteiger partial charge on any atom is 0.333 e. The maximum atomic E-state index is 11.1. The third-order valence-electron chi connectivity index (χ3n) is 2.99. The number of rotatable bonds is 5. The summed E-state index contributed by atoms with van der Waals surface area (Å²) in [6.45, 7) is 7.73. The summed E-state index contributed by atoms with van der Waals surface area (Å²) in [5, 5.41) is 13.4. The van der Waals surface area contributed by atoms with E-state index in [2.05, 4.69) is 5.10 Å². The molecule has 1 N–H and O–H groups in total. The molecule has 1 atom stereocenters. The Labute approximate surface area is 101 Å². The van der Waals surface area contributed by atoms with Gasteiger partial charge < -0.3 is 9.84 Å². The second-order valence-electron chi connectivity index (χ2n) is 4.98. The summed E-state index contributed by atoms with van der Waals surface area (Å²) in [6, 6.07) is 0.255. The van der Waals surface area contributed by atoms with Crippen molar-refractivity contribution in [3.63, 3.8) is 0 Å². The summed E-state index contributed by atoms with van der Waals surface area (Å²) in [6.07, 6.45) is 2.70. The van der Waals surface area contributed by atoms with Crippen LogP contribution in [0.3, 0.4) is 0 Å². The number of aromatic nitrogens is 2. The van der Waals surface area contributed by atoms with E-state index in [9.17, 15) is 4.79 Å². The van der Waals surface area contributed by atoms with Crippen LogP contribution in [-0.4, -0.2) is 34.1 Å². The van der Waals surface area contributed by atoms with Crippen LogP contribution in [0.1, 0.15) is 39.3 Å². The van der Waals surface area contributed by atoms with Crippen molar-refractivity contribution in [1.29, 1.82) is 0 Å². The first-order valence-corrected chi connectivity index (χ1v) is 5.61. The zero-order valence-electron chi connectivity index (χ0n) is 11.0. The molecule has 1 aromatic rings. The number of nitrogens with zero attached hydrogens (tertiary/aromatic N) is 2. The minimum Gasteiger partial charge on any atom is -0.479 e. The second-order valence-corrected chi connectivity index (χ2v) is 4.98. The Bertz CT molecular complexity index is 396. The third-order valence-corrected chi connectivity index (χ3v) is 2.99. The number of carboxylic acid groups (broad SMARTS) is 1. The molecule has 0 fully saturated rings. The number of hydrogen-bond donors (Lipinski definition) is 1. The summed E-state index contributed by atoms with van der Waals surface area (Å²) < 4.78 is 6.88. The van der Waals surface area contributed by atoms with E-state index in [0.29, 0.717) is 0 Å². The van der Waals surface area contributed by atoms with Crippen molar-refractivity contribution >= 4 is 5.97 Å². The van der Waals surface area contributed by atoms with E-state index >= 15 is 0 Å². The Morgan fingerprint density at radius 3 is 2.47 bits per heavy atom. The average molecular weight is 240 g/mol. The van der Waals surface area contributed by atoms with Crippen molar-refractivity contribution in [2.75, 3.05) is 7.11 Å². The highest BCUT2D eigenvalue weighted by atomic mass is 16.5. The SMILES string of the molecule is COC(C(=O)O)C(C)(C)c1cnn(C(C)C)c1. The van der Waals surface area contributed by atoms with Crippen molar-refractivity contribution in [3.05, 3.63) is 18.0 Å². The fraction of sp³-hybridized carbons (Fsp3) is 0.667. The van der Waals surface area contributed by atoms with E-state index in [1.165, 1.54) is 7.11 Å². The molecule has 1 rings (SSSR count). The molecule has 0 radical (unpaired) electrons. The number of aliphatic carboxylic acids is 1. The summed E-state index contributed by atoms with van der Waals surface area (Å²) >= 11 is 0. The van der Waals surface area contributed by atoms with Gasteiger partial charge in [-0.15, -0.1) is 0 Å². The molecule has 0 spiro atoms. The van der Waals surface area contributed by atoms with Gasteiger partial charge in [-0.25, -0.2) is 4.79 Å². The lowest BCUT2D eigenvalue weighted by Gasteiger charge is -2.29. The van der Waals surface area contributed by atoms with E-state index < -0.39 is 17.5 Å². The molecule has 0 aliphatic heterocycles. The number of carbonyl (C=O) groups is 1. The molecule has 1 unspecified atom stereocenters. The molecule has 0 saturated heterocycles. The summed E-state index contributed by atoms with van der Waals surface area (Å²) in [4.78, 5) is 11.1. The van der Waals surface area contributed by atoms with Gasteiger partial charge in [-0.1, -0.05) is 13.8 Å². The lowest BCUT2D eigenvalue weighted by atomic mass is 9.81. The first-order chi connectivity index (χ1) is 7.80. The van der Waals surface area contributed by atoms with Crippen LogP contribution in [0.25, 0.3) is 0 Å². The largest absolute Gasteiger partial charge is 0.479 e. The zero-order valence-corrected chi connectivity index (χ0v) is 11.0. The van der Waals surface area contributed by atoms with Crippen LogP contribution in [0, 0.1) is 0 Å². The molecule has 5 nitrogen and oxygen atoms in total. The van der Waals surface area contributed by atoms with Crippen LogP contribution in [0.5, 0.6) is 0 Å². The molecule has 0 amide bonds. The molecule has 5 heteroatoms. The molecule has 0 aromatic carbocycles. The molecule has 0 aliphatic rings. The van der Waals surface area contributed by atoms with Gasteiger partial charge >= 0.3 is 5.97 Å². The first-order valence-electron chi connectivity index (χ1n) is 5.61. The highest BCUT2D eigenvalue weighted by molar-refractivity contribution is 5.74. The molecular formula is C12H20N2O3. The molecule has 1 heterocycles. The van der Waals surface area contributed by atoms with Crippen molar-refractivity contribution in [3.8, 4) is 0 Å². The van der Waals surface area contributed by atoms with Gasteiger partial charge in [-0.2, -0.15) is 5.10 Å². The Morgan fingerprint density at radius 2 is 2.12 bits per heavy atom. The van der Waals surface area contributed by atoms with E-state index in [1.54, 1.807) is 6.20 Å². The Morgan fingerprint density at radius 1 is 1.53 bits per heavy atom. The lowest BCUT2D eigenvalue weighted by Crippen LogP contribution is -2.41. The van der Waals surface area contributed by atoms with Crippen LogP contribution in [-0.2, 0) is 14.9 Å². The van der Waals surface area contributed by atoms with Gasteiger partial charge in [0, 0.05) is 24.8 Å². The minimum atomic E-state index is -0.963. The summed E-state index contributed by atoms with van der Waals surface area (Å²) in [5.74, 6) is -0.963. The van der Waals surface area contributed by atoms with Gasteiger partial charge in [0.05, 0.1) is 6.20 Å². The van der Waals surface area contributed by atoms with Gasteiger partial charge in [-0.05, 0) is 19.4 Å². The van der Waals surface area contributed by atoms with Gasteiger partial charge in [-0.3, -0.25) is 4.68 Å². The van der Waals surface area contributed by atoms with Crippen molar-refractivity contribution in [2.45, 2.75) is 45.3 Å². The number of methoxy groups -OCH3 is 1. The van der Waals surface area contributed by atoms with E-state index in [0.717, 1.165) is 5.56 Å². The fourth-order valence-electron chi connectivity index (χ4n) is 1.81. The van der Waals surface area contributed by atoms with E-state index in [1.807, 2.05) is 38.6 Å². The average Bonchev–Trinajstić information content (AvgIpc) is 2.66. The van der Waals surface area contributed by atoms with Crippen LogP contribution in [0.2, 0.25) is 0 Å². The summed E-state index contributed by atoms with van der Waals surface area (Å²) in [7, 11) is 1.41. The highest BCUT2D eigenvalue weighted by Crippen LogP contribution is 2.29. The van der Waals surface area contributed by atoms with Crippen LogP contribution in [0.15, 0.2) is 12.4 Å². The normalized spacial score (nSPS) is 14.0. The predicted octanol–water partition coefficient (Wildman–Crippen LogP) is 1.84. The molecule has 17 heavy (non-hydrogen) atoms. The lowest BCUT2D eigenvalue weighted by molar-refractivity contribution is -0.152. The molecule has 0 bridgehead atoms. The van der Waals surface area contributed by atoms with Gasteiger partial charge in [0.2, 0.25) is 0 Å². The standard InChI is InChI=1S/C12H20N2O3/c1-8(2)14-7-9(6-13-14)12(3,4)10(17-5)11(15)16/h6-8,10H,1-5H3,(H,15,16). The number of ether oxygens (including phenoxy) is 1. The number of hydrogen-bond acceptors (Lipinski definition) is 3. The molecule has 0 aliphatic carbocycles. The third kappa shape index (κ3) is 2.66. The predicted molar refractivity (Wildman–Crippen MR) is 64.1 cm³/mol. The minimum absolute atomic E-state index is 0.255. The molecule has 0 saturated carbocycles. The molecule has 96 valence electrons. The zero-order chi connectivity index (χ0) is 13.2. The van der Waals surface area contributed by atoms with E-state index in [4.69, 9.17) is 9.84 Å². The fourth-order valence-corrected chi connectivity index (χ4v) is 1.81.